The number of aromatic nitrogens is 2. The fourth-order valence-electron chi connectivity index (χ4n) is 3.87. The van der Waals surface area contributed by atoms with Crippen LogP contribution in [0, 0.1) is 6.92 Å². The Bertz CT molecular complexity index is 1630. The topological polar surface area (TPSA) is 114 Å². The van der Waals surface area contributed by atoms with Gasteiger partial charge < -0.3 is 10.4 Å². The normalized spacial score (nSPS) is 14.4. The van der Waals surface area contributed by atoms with E-state index in [0.717, 1.165) is 5.56 Å². The van der Waals surface area contributed by atoms with Crippen LogP contribution in [-0.2, 0) is 16.6 Å². The summed E-state index contributed by atoms with van der Waals surface area (Å²) in [5, 5.41) is 14.3. The lowest BCUT2D eigenvalue weighted by Crippen LogP contribution is -2.33. The number of hydrogen-bond donors (Lipinski definition) is 2. The van der Waals surface area contributed by atoms with Crippen LogP contribution in [0.2, 0.25) is 0 Å². The van der Waals surface area contributed by atoms with Crippen molar-refractivity contribution in [1.82, 2.24) is 9.55 Å². The Morgan fingerprint density at radius 2 is 1.85 bits per heavy atom. The van der Waals surface area contributed by atoms with Crippen molar-refractivity contribution in [3.63, 3.8) is 0 Å². The van der Waals surface area contributed by atoms with Gasteiger partial charge in [-0.25, -0.2) is 4.98 Å². The first kappa shape index (κ1) is 21.4. The number of aryl methyl sites for hydroxylation is 1. The van der Waals surface area contributed by atoms with Crippen LogP contribution in [0.3, 0.4) is 0 Å². The van der Waals surface area contributed by atoms with Crippen molar-refractivity contribution in [1.29, 1.82) is 0 Å². The van der Waals surface area contributed by atoms with Gasteiger partial charge in [0.15, 0.2) is 5.84 Å². The molecule has 4 aromatic rings. The molecule has 8 nitrogen and oxygen atoms in total. The SMILES string of the molecule is Cc1ccc(Br)c2c1NC(c1c(O)c3cccnc3n(Cc3ccccc3)c1=O)=NS2(=O)=O. The van der Waals surface area contributed by atoms with E-state index < -0.39 is 15.6 Å². The molecule has 0 bridgehead atoms. The molecule has 0 amide bonds. The molecule has 0 saturated heterocycles. The van der Waals surface area contributed by atoms with Gasteiger partial charge in [-0.05, 0) is 52.2 Å². The van der Waals surface area contributed by atoms with Crippen molar-refractivity contribution in [2.24, 2.45) is 4.40 Å². The number of rotatable bonds is 3. The number of hydrogen-bond acceptors (Lipinski definition) is 6. The van der Waals surface area contributed by atoms with Crippen molar-refractivity contribution < 1.29 is 13.5 Å². The Labute approximate surface area is 197 Å². The number of anilines is 1. The summed E-state index contributed by atoms with van der Waals surface area (Å²) in [6.45, 7) is 1.93. The van der Waals surface area contributed by atoms with Crippen LogP contribution in [-0.4, -0.2) is 28.9 Å². The molecule has 0 fully saturated rings. The zero-order valence-corrected chi connectivity index (χ0v) is 19.7. The molecule has 1 aliphatic rings. The van der Waals surface area contributed by atoms with Gasteiger partial charge in [0.2, 0.25) is 0 Å². The largest absolute Gasteiger partial charge is 0.506 e. The fraction of sp³-hybridized carbons (Fsp3) is 0.0870. The molecule has 0 saturated carbocycles. The van der Waals surface area contributed by atoms with Gasteiger partial charge in [-0.3, -0.25) is 9.36 Å². The second kappa shape index (κ2) is 7.82. The van der Waals surface area contributed by atoms with Crippen LogP contribution < -0.4 is 10.9 Å². The number of aromatic hydroxyl groups is 1. The summed E-state index contributed by atoms with van der Waals surface area (Å²) in [7, 11) is -4.15. The summed E-state index contributed by atoms with van der Waals surface area (Å²) in [6.07, 6.45) is 1.53. The third-order valence-corrected chi connectivity index (χ3v) is 7.73. The third-order valence-electron chi connectivity index (χ3n) is 5.44. The van der Waals surface area contributed by atoms with Crippen molar-refractivity contribution in [2.75, 3.05) is 5.32 Å². The first-order valence-corrected chi connectivity index (χ1v) is 12.2. The molecule has 0 aliphatic carbocycles. The molecule has 0 unspecified atom stereocenters. The number of amidine groups is 1. The quantitative estimate of drug-likeness (QED) is 0.421. The van der Waals surface area contributed by atoms with Gasteiger partial charge in [-0.1, -0.05) is 36.4 Å². The van der Waals surface area contributed by atoms with Gasteiger partial charge in [0, 0.05) is 10.7 Å². The van der Waals surface area contributed by atoms with Crippen LogP contribution in [0.4, 0.5) is 5.69 Å². The standard InChI is InChI=1S/C23H17BrN4O4S/c1-13-9-10-16(24)20-18(13)26-21(27-33(20,31)32)17-19(29)15-8-5-11-25-22(15)28(23(17)30)12-14-6-3-2-4-7-14/h2-11,29H,12H2,1H3,(H,26,27). The smallest absolute Gasteiger partial charge is 0.287 e. The van der Waals surface area contributed by atoms with Crippen LogP contribution in [0.1, 0.15) is 16.7 Å². The van der Waals surface area contributed by atoms with Gasteiger partial charge in [0.05, 0.1) is 17.6 Å². The van der Waals surface area contributed by atoms with Crippen molar-refractivity contribution in [3.05, 3.63) is 92.3 Å². The fourth-order valence-corrected chi connectivity index (χ4v) is 6.07. The first-order valence-electron chi connectivity index (χ1n) is 9.94. The minimum atomic E-state index is -4.15. The van der Waals surface area contributed by atoms with Gasteiger partial charge in [0.1, 0.15) is 21.9 Å². The summed E-state index contributed by atoms with van der Waals surface area (Å²) in [5.74, 6) is -0.622. The van der Waals surface area contributed by atoms with E-state index in [-0.39, 0.29) is 34.2 Å². The van der Waals surface area contributed by atoms with Crippen LogP contribution in [0.5, 0.6) is 5.75 Å². The van der Waals surface area contributed by atoms with Gasteiger partial charge >= 0.3 is 0 Å². The Kier molecular flexibility index (Phi) is 5.06. The average Bonchev–Trinajstić information content (AvgIpc) is 2.79. The van der Waals surface area contributed by atoms with Crippen LogP contribution in [0.15, 0.2) is 79.4 Å². The molecule has 3 heterocycles. The molecule has 10 heteroatoms. The van der Waals surface area contributed by atoms with E-state index in [1.54, 1.807) is 31.2 Å². The number of fused-ring (bicyclic) bond motifs is 2. The number of nitrogens with zero attached hydrogens (tertiary/aromatic N) is 3. The zero-order chi connectivity index (χ0) is 23.3. The van der Waals surface area contributed by atoms with Crippen molar-refractivity contribution in [3.8, 4) is 5.75 Å². The molecular formula is C23H17BrN4O4S. The molecule has 2 aromatic carbocycles. The number of nitrogens with one attached hydrogen (secondary N) is 1. The third kappa shape index (κ3) is 3.51. The highest BCUT2D eigenvalue weighted by Gasteiger charge is 2.32. The lowest BCUT2D eigenvalue weighted by Gasteiger charge is -2.22. The number of halogens is 1. The second-order valence-electron chi connectivity index (χ2n) is 7.58. The Morgan fingerprint density at radius 3 is 2.61 bits per heavy atom. The molecule has 0 radical (unpaired) electrons. The van der Waals surface area contributed by atoms with Gasteiger partial charge in [-0.2, -0.15) is 8.42 Å². The predicted molar refractivity (Wildman–Crippen MR) is 129 cm³/mol. The monoisotopic (exact) mass is 524 g/mol. The Balaban J connectivity index is 1.79. The predicted octanol–water partition coefficient (Wildman–Crippen LogP) is 3.78. The maximum absolute atomic E-state index is 13.6. The van der Waals surface area contributed by atoms with Gasteiger partial charge in [-0.15, -0.1) is 4.40 Å². The average molecular weight is 525 g/mol. The maximum Gasteiger partial charge on any atom is 0.287 e. The van der Waals surface area contributed by atoms with E-state index in [0.29, 0.717) is 21.1 Å². The number of benzene rings is 2. The van der Waals surface area contributed by atoms with Gasteiger partial charge in [0.25, 0.3) is 15.6 Å². The molecule has 0 spiro atoms. The van der Waals surface area contributed by atoms with Crippen LogP contribution >= 0.6 is 15.9 Å². The summed E-state index contributed by atoms with van der Waals surface area (Å²) < 4.78 is 31.7. The molecule has 166 valence electrons. The summed E-state index contributed by atoms with van der Waals surface area (Å²) in [4.78, 5) is 17.9. The molecular weight excluding hydrogens is 508 g/mol. The highest BCUT2D eigenvalue weighted by atomic mass is 79.9. The summed E-state index contributed by atoms with van der Waals surface area (Å²) >= 11 is 3.27. The highest BCUT2D eigenvalue weighted by Crippen LogP contribution is 2.38. The Morgan fingerprint density at radius 1 is 1.09 bits per heavy atom. The number of sulfonamides is 1. The zero-order valence-electron chi connectivity index (χ0n) is 17.3. The van der Waals surface area contributed by atoms with Crippen molar-refractivity contribution in [2.45, 2.75) is 18.4 Å². The highest BCUT2D eigenvalue weighted by molar-refractivity contribution is 9.10. The summed E-state index contributed by atoms with van der Waals surface area (Å²) in [5.41, 5.74) is 1.23. The van der Waals surface area contributed by atoms with E-state index in [9.17, 15) is 18.3 Å². The molecule has 0 atom stereocenters. The molecule has 33 heavy (non-hydrogen) atoms. The van der Waals surface area contributed by atoms with Crippen LogP contribution in [0.25, 0.3) is 11.0 Å². The molecule has 2 N–H and O–H groups in total. The molecule has 5 rings (SSSR count). The van der Waals surface area contributed by atoms with E-state index in [2.05, 4.69) is 30.6 Å². The second-order valence-corrected chi connectivity index (χ2v) is 9.98. The van der Waals surface area contributed by atoms with E-state index in [4.69, 9.17) is 0 Å². The minimum absolute atomic E-state index is 0.0159. The molecule has 2 aromatic heterocycles. The molecule has 1 aliphatic heterocycles. The van der Waals surface area contributed by atoms with Crippen molar-refractivity contribution >= 4 is 48.5 Å². The maximum atomic E-state index is 13.6. The summed E-state index contributed by atoms with van der Waals surface area (Å²) in [6, 6.07) is 15.9. The van der Waals surface area contributed by atoms with E-state index in [1.807, 2.05) is 30.3 Å². The van der Waals surface area contributed by atoms with E-state index >= 15 is 0 Å². The Hall–Kier alpha value is -3.50. The first-order chi connectivity index (χ1) is 15.8. The lowest BCUT2D eigenvalue weighted by molar-refractivity contribution is 0.477. The van der Waals surface area contributed by atoms with E-state index in [1.165, 1.54) is 10.8 Å². The number of pyridine rings is 2. The lowest BCUT2D eigenvalue weighted by atomic mass is 10.1. The minimum Gasteiger partial charge on any atom is -0.506 e.